The molecule has 1 aromatic rings. The molecule has 0 spiro atoms. The molecule has 0 heterocycles. The van der Waals surface area contributed by atoms with Gasteiger partial charge < -0.3 is 0 Å². The molecule has 0 fully saturated rings. The lowest BCUT2D eigenvalue weighted by atomic mass is 10.1. The topological polar surface area (TPSA) is 12.4 Å². The van der Waals surface area contributed by atoms with Crippen LogP contribution in [0.5, 0.6) is 0 Å². The standard InChI is InChI=1S/C10H13N/c1-4-9-5-6-10(11-3)8(2)7-9/h5-7H,3-4H2,1-2H3. The molecular formula is C10H13N. The minimum absolute atomic E-state index is 0.988. The maximum absolute atomic E-state index is 3.90. The fourth-order valence-electron chi connectivity index (χ4n) is 1.11. The quantitative estimate of drug-likeness (QED) is 0.570. The van der Waals surface area contributed by atoms with E-state index in [-0.39, 0.29) is 0 Å². The Morgan fingerprint density at radius 3 is 2.64 bits per heavy atom. The molecule has 11 heavy (non-hydrogen) atoms. The van der Waals surface area contributed by atoms with E-state index in [0.29, 0.717) is 0 Å². The van der Waals surface area contributed by atoms with Gasteiger partial charge in [0.25, 0.3) is 0 Å². The van der Waals surface area contributed by atoms with Crippen molar-refractivity contribution in [1.29, 1.82) is 0 Å². The van der Waals surface area contributed by atoms with Gasteiger partial charge in [0.05, 0.1) is 5.69 Å². The fraction of sp³-hybridized carbons (Fsp3) is 0.300. The molecule has 0 radical (unpaired) electrons. The van der Waals surface area contributed by atoms with E-state index in [2.05, 4.69) is 37.7 Å². The lowest BCUT2D eigenvalue weighted by molar-refractivity contribution is 1.13. The second-order valence-corrected chi connectivity index (χ2v) is 2.63. The largest absolute Gasteiger partial charge is 0.264 e. The van der Waals surface area contributed by atoms with Crippen molar-refractivity contribution >= 4 is 12.4 Å². The Balaban J connectivity index is 3.09. The van der Waals surface area contributed by atoms with Gasteiger partial charge in [-0.15, -0.1) is 0 Å². The molecule has 0 N–H and O–H groups in total. The van der Waals surface area contributed by atoms with E-state index in [9.17, 15) is 0 Å². The van der Waals surface area contributed by atoms with Crippen molar-refractivity contribution in [3.8, 4) is 0 Å². The number of rotatable bonds is 2. The van der Waals surface area contributed by atoms with E-state index in [1.54, 1.807) is 0 Å². The van der Waals surface area contributed by atoms with E-state index in [1.807, 2.05) is 6.07 Å². The maximum Gasteiger partial charge on any atom is 0.0651 e. The molecule has 0 saturated carbocycles. The van der Waals surface area contributed by atoms with Crippen molar-refractivity contribution in [3.05, 3.63) is 29.3 Å². The zero-order valence-corrected chi connectivity index (χ0v) is 7.09. The molecule has 1 nitrogen and oxygen atoms in total. The zero-order chi connectivity index (χ0) is 8.27. The number of hydrogen-bond donors (Lipinski definition) is 0. The van der Waals surface area contributed by atoms with Gasteiger partial charge in [0.2, 0.25) is 0 Å². The third-order valence-electron chi connectivity index (χ3n) is 1.84. The van der Waals surface area contributed by atoms with E-state index in [1.165, 1.54) is 11.1 Å². The molecule has 0 amide bonds. The zero-order valence-electron chi connectivity index (χ0n) is 7.09. The van der Waals surface area contributed by atoms with Crippen LogP contribution in [0.15, 0.2) is 23.2 Å². The van der Waals surface area contributed by atoms with Crippen LogP contribution in [-0.4, -0.2) is 6.72 Å². The Hall–Kier alpha value is -1.11. The normalized spacial score (nSPS) is 9.64. The lowest BCUT2D eigenvalue weighted by Crippen LogP contribution is -1.81. The lowest BCUT2D eigenvalue weighted by Gasteiger charge is -2.01. The van der Waals surface area contributed by atoms with Gasteiger partial charge in [0, 0.05) is 0 Å². The highest BCUT2D eigenvalue weighted by atomic mass is 14.7. The molecule has 1 rings (SSSR count). The summed E-state index contributed by atoms with van der Waals surface area (Å²) in [5, 5.41) is 0. The van der Waals surface area contributed by atoms with Crippen molar-refractivity contribution in [1.82, 2.24) is 0 Å². The SMILES string of the molecule is C=Nc1ccc(CC)cc1C. The van der Waals surface area contributed by atoms with Crippen LogP contribution in [0.25, 0.3) is 0 Å². The monoisotopic (exact) mass is 147 g/mol. The first-order valence-electron chi connectivity index (χ1n) is 3.84. The van der Waals surface area contributed by atoms with Crippen molar-refractivity contribution in [2.24, 2.45) is 4.99 Å². The van der Waals surface area contributed by atoms with Crippen LogP contribution in [0.4, 0.5) is 5.69 Å². The Morgan fingerprint density at radius 2 is 2.18 bits per heavy atom. The molecule has 0 aliphatic carbocycles. The van der Waals surface area contributed by atoms with Crippen LogP contribution in [-0.2, 0) is 6.42 Å². The van der Waals surface area contributed by atoms with Gasteiger partial charge in [0.15, 0.2) is 0 Å². The van der Waals surface area contributed by atoms with Crippen molar-refractivity contribution in [2.45, 2.75) is 20.3 Å². The van der Waals surface area contributed by atoms with Gasteiger partial charge >= 0.3 is 0 Å². The molecule has 0 aromatic heterocycles. The van der Waals surface area contributed by atoms with Gasteiger partial charge in [-0.25, -0.2) is 0 Å². The first kappa shape index (κ1) is 7.99. The van der Waals surface area contributed by atoms with E-state index >= 15 is 0 Å². The summed E-state index contributed by atoms with van der Waals surface area (Å²) >= 11 is 0. The predicted octanol–water partition coefficient (Wildman–Crippen LogP) is 2.89. The molecule has 0 aliphatic heterocycles. The number of aliphatic imine (C=N–C) groups is 1. The summed E-state index contributed by atoms with van der Waals surface area (Å²) in [5.41, 5.74) is 3.55. The Kier molecular flexibility index (Phi) is 2.42. The summed E-state index contributed by atoms with van der Waals surface area (Å²) in [4.78, 5) is 3.90. The number of nitrogens with zero attached hydrogens (tertiary/aromatic N) is 1. The highest BCUT2D eigenvalue weighted by Gasteiger charge is 1.94. The highest BCUT2D eigenvalue weighted by Crippen LogP contribution is 2.18. The molecule has 0 unspecified atom stereocenters. The van der Waals surface area contributed by atoms with Crippen molar-refractivity contribution < 1.29 is 0 Å². The molecule has 0 bridgehead atoms. The van der Waals surface area contributed by atoms with Crippen LogP contribution >= 0.6 is 0 Å². The summed E-state index contributed by atoms with van der Waals surface area (Å²) in [6.07, 6.45) is 1.08. The van der Waals surface area contributed by atoms with Gasteiger partial charge in [-0.2, -0.15) is 0 Å². The molecular weight excluding hydrogens is 134 g/mol. The average Bonchev–Trinajstić information content (AvgIpc) is 2.04. The van der Waals surface area contributed by atoms with Crippen LogP contribution < -0.4 is 0 Å². The third kappa shape index (κ3) is 1.67. The first-order chi connectivity index (χ1) is 5.27. The van der Waals surface area contributed by atoms with Gasteiger partial charge in [-0.05, 0) is 37.3 Å². The van der Waals surface area contributed by atoms with E-state index < -0.39 is 0 Å². The smallest absolute Gasteiger partial charge is 0.0651 e. The second-order valence-electron chi connectivity index (χ2n) is 2.63. The van der Waals surface area contributed by atoms with E-state index in [0.717, 1.165) is 12.1 Å². The second kappa shape index (κ2) is 3.33. The number of aryl methyl sites for hydroxylation is 2. The average molecular weight is 147 g/mol. The van der Waals surface area contributed by atoms with E-state index in [4.69, 9.17) is 0 Å². The highest BCUT2D eigenvalue weighted by molar-refractivity contribution is 5.52. The van der Waals surface area contributed by atoms with Crippen molar-refractivity contribution in [3.63, 3.8) is 0 Å². The van der Waals surface area contributed by atoms with Crippen LogP contribution in [0, 0.1) is 6.92 Å². The van der Waals surface area contributed by atoms with Gasteiger partial charge in [-0.1, -0.05) is 19.1 Å². The number of benzene rings is 1. The minimum Gasteiger partial charge on any atom is -0.264 e. The summed E-state index contributed by atoms with van der Waals surface area (Å²) < 4.78 is 0. The Bertz CT molecular complexity index is 264. The van der Waals surface area contributed by atoms with Crippen molar-refractivity contribution in [2.75, 3.05) is 0 Å². The molecule has 0 aliphatic rings. The molecule has 58 valence electrons. The fourth-order valence-corrected chi connectivity index (χ4v) is 1.11. The maximum atomic E-state index is 3.90. The first-order valence-corrected chi connectivity index (χ1v) is 3.84. The Morgan fingerprint density at radius 1 is 1.45 bits per heavy atom. The summed E-state index contributed by atoms with van der Waals surface area (Å²) in [5.74, 6) is 0. The van der Waals surface area contributed by atoms with Gasteiger partial charge in [0.1, 0.15) is 0 Å². The van der Waals surface area contributed by atoms with Crippen LogP contribution in [0.1, 0.15) is 18.1 Å². The third-order valence-corrected chi connectivity index (χ3v) is 1.84. The minimum atomic E-state index is 0.988. The van der Waals surface area contributed by atoms with Crippen LogP contribution in [0.3, 0.4) is 0 Å². The summed E-state index contributed by atoms with van der Waals surface area (Å²) in [7, 11) is 0. The summed E-state index contributed by atoms with van der Waals surface area (Å²) in [6.45, 7) is 7.70. The number of hydrogen-bond acceptors (Lipinski definition) is 1. The predicted molar refractivity (Wildman–Crippen MR) is 49.8 cm³/mol. The molecule has 0 saturated heterocycles. The Labute approximate surface area is 67.8 Å². The summed E-state index contributed by atoms with van der Waals surface area (Å²) in [6, 6.07) is 6.27. The van der Waals surface area contributed by atoms with Gasteiger partial charge in [-0.3, -0.25) is 4.99 Å². The van der Waals surface area contributed by atoms with Crippen LogP contribution in [0.2, 0.25) is 0 Å². The molecule has 1 aromatic carbocycles. The molecule has 1 heteroatoms. The molecule has 0 atom stereocenters.